The maximum atomic E-state index is 15.2. The van der Waals surface area contributed by atoms with Crippen LogP contribution in [-0.4, -0.2) is 116 Å². The highest BCUT2D eigenvalue weighted by molar-refractivity contribution is 5.95. The van der Waals surface area contributed by atoms with Crippen molar-refractivity contribution < 1.29 is 33.7 Å². The van der Waals surface area contributed by atoms with Gasteiger partial charge in [0, 0.05) is 97.5 Å². The van der Waals surface area contributed by atoms with Gasteiger partial charge in [0.2, 0.25) is 5.60 Å². The van der Waals surface area contributed by atoms with Gasteiger partial charge in [-0.2, -0.15) is 0 Å². The van der Waals surface area contributed by atoms with Gasteiger partial charge in [0.1, 0.15) is 11.2 Å². The molecule has 1 aromatic heterocycles. The number of carbonyl (C=O) groups excluding carboxylic acids is 3. The number of carbonyl (C=O) groups is 3. The maximum Gasteiger partial charge on any atom is 0.322 e. The summed E-state index contributed by atoms with van der Waals surface area (Å²) in [6.07, 6.45) is 7.89. The molecule has 6 heterocycles. The SMILES string of the molecule is CCNC(=O)C1(O)[C@@H]2N(C)c3cc(OC)c([C@@]4(C(=O)OC)C[C@@H]5C=C(CC)CN(Cc6c4[nH]c4ccccc64)C5)cc3C23CCN2CC=C[C@](CC)([C@H]23)[C@H]1OC(C)=O. The molecule has 12 heteroatoms. The first-order chi connectivity index (χ1) is 27.9. The van der Waals surface area contributed by atoms with Crippen LogP contribution in [-0.2, 0) is 41.2 Å². The number of rotatable bonds is 8. The Labute approximate surface area is 340 Å². The molecule has 1 saturated carbocycles. The number of aromatic nitrogens is 1. The molecule has 1 aliphatic carbocycles. The molecule has 12 nitrogen and oxygen atoms in total. The summed E-state index contributed by atoms with van der Waals surface area (Å²) in [4.78, 5) is 53.7. The zero-order chi connectivity index (χ0) is 40.9. The fourth-order valence-corrected chi connectivity index (χ4v) is 13.0. The number of esters is 2. The van der Waals surface area contributed by atoms with Crippen LogP contribution in [0.25, 0.3) is 10.9 Å². The highest BCUT2D eigenvalue weighted by Crippen LogP contribution is 2.68. The zero-order valence-electron chi connectivity index (χ0n) is 34.8. The number of nitrogens with zero attached hydrogens (tertiary/aromatic N) is 3. The van der Waals surface area contributed by atoms with Crippen molar-refractivity contribution in [2.75, 3.05) is 58.9 Å². The molecule has 1 saturated heterocycles. The average molecular weight is 792 g/mol. The second-order valence-electron chi connectivity index (χ2n) is 17.5. The minimum absolute atomic E-state index is 0.0362. The van der Waals surface area contributed by atoms with E-state index in [4.69, 9.17) is 14.2 Å². The smallest absolute Gasteiger partial charge is 0.322 e. The van der Waals surface area contributed by atoms with Crippen LogP contribution in [0.15, 0.2) is 60.2 Å². The van der Waals surface area contributed by atoms with E-state index in [9.17, 15) is 14.7 Å². The molecule has 2 bridgehead atoms. The van der Waals surface area contributed by atoms with Gasteiger partial charge in [0.05, 0.1) is 20.3 Å². The van der Waals surface area contributed by atoms with Gasteiger partial charge in [-0.05, 0) is 68.3 Å². The lowest BCUT2D eigenvalue weighted by Gasteiger charge is -2.63. The van der Waals surface area contributed by atoms with Gasteiger partial charge < -0.3 is 34.5 Å². The topological polar surface area (TPSA) is 137 Å². The Balaban J connectivity index is 1.37. The van der Waals surface area contributed by atoms with Gasteiger partial charge in [-0.3, -0.25) is 24.2 Å². The lowest BCUT2D eigenvalue weighted by Crippen LogP contribution is -2.82. The van der Waals surface area contributed by atoms with E-state index < -0.39 is 45.9 Å². The number of likely N-dealkylation sites (N-methyl/N-ethyl adjacent to an activating group) is 2. The summed E-state index contributed by atoms with van der Waals surface area (Å²) in [6.45, 7) is 11.4. The number of nitrogens with one attached hydrogen (secondary N) is 2. The molecule has 2 aromatic carbocycles. The molecule has 3 unspecified atom stereocenters. The number of H-pyrrole nitrogens is 1. The monoisotopic (exact) mass is 791 g/mol. The minimum Gasteiger partial charge on any atom is -0.496 e. The van der Waals surface area contributed by atoms with E-state index in [2.05, 4.69) is 70.4 Å². The van der Waals surface area contributed by atoms with Crippen molar-refractivity contribution >= 4 is 34.4 Å². The van der Waals surface area contributed by atoms with E-state index >= 15 is 4.79 Å². The van der Waals surface area contributed by atoms with Crippen LogP contribution in [0.2, 0.25) is 0 Å². The largest absolute Gasteiger partial charge is 0.496 e. The lowest BCUT2D eigenvalue weighted by atomic mass is 9.47. The lowest BCUT2D eigenvalue weighted by molar-refractivity contribution is -0.217. The number of fused-ring (bicyclic) bond motifs is 6. The molecule has 6 aliphatic rings. The highest BCUT2D eigenvalue weighted by atomic mass is 16.6. The van der Waals surface area contributed by atoms with Gasteiger partial charge in [0.25, 0.3) is 5.91 Å². The van der Waals surface area contributed by atoms with Crippen molar-refractivity contribution in [3.63, 3.8) is 0 Å². The number of para-hydroxylation sites is 1. The fraction of sp³-hybridized carbons (Fsp3) is 0.543. The van der Waals surface area contributed by atoms with Crippen molar-refractivity contribution in [2.45, 2.75) is 94.5 Å². The Bertz CT molecular complexity index is 2270. The van der Waals surface area contributed by atoms with E-state index in [-0.39, 0.29) is 24.5 Å². The van der Waals surface area contributed by atoms with Gasteiger partial charge in [-0.25, -0.2) is 0 Å². The molecule has 58 heavy (non-hydrogen) atoms. The van der Waals surface area contributed by atoms with E-state index in [0.29, 0.717) is 50.2 Å². The molecule has 9 rings (SSSR count). The Morgan fingerprint density at radius 2 is 1.84 bits per heavy atom. The summed E-state index contributed by atoms with van der Waals surface area (Å²) in [5, 5.41) is 17.5. The summed E-state index contributed by atoms with van der Waals surface area (Å²) in [5.74, 6) is -0.955. The minimum atomic E-state index is -2.16. The fourth-order valence-electron chi connectivity index (χ4n) is 13.0. The third kappa shape index (κ3) is 4.94. The molecular formula is C46H57N5O7. The summed E-state index contributed by atoms with van der Waals surface area (Å²) in [5.41, 5.74) is 1.37. The van der Waals surface area contributed by atoms with Crippen LogP contribution < -0.4 is 15.0 Å². The number of hydrogen-bond donors (Lipinski definition) is 3. The quantitative estimate of drug-likeness (QED) is 0.217. The Morgan fingerprint density at radius 1 is 1.05 bits per heavy atom. The van der Waals surface area contributed by atoms with Crippen LogP contribution in [0.4, 0.5) is 5.69 Å². The summed E-state index contributed by atoms with van der Waals surface area (Å²) in [7, 11) is 5.02. The van der Waals surface area contributed by atoms with Crippen LogP contribution in [0.3, 0.4) is 0 Å². The maximum absolute atomic E-state index is 15.2. The molecule has 308 valence electrons. The third-order valence-electron chi connectivity index (χ3n) is 14.9. The normalized spacial score (nSPS) is 34.5. The molecule has 0 radical (unpaired) electrons. The first-order valence-electron chi connectivity index (χ1n) is 21.0. The molecule has 1 amide bonds. The van der Waals surface area contributed by atoms with E-state index in [1.54, 1.807) is 7.11 Å². The second-order valence-corrected chi connectivity index (χ2v) is 17.5. The first kappa shape index (κ1) is 38.8. The second kappa shape index (κ2) is 13.7. The van der Waals surface area contributed by atoms with Gasteiger partial charge in [-0.1, -0.05) is 55.8 Å². The number of amides is 1. The summed E-state index contributed by atoms with van der Waals surface area (Å²) in [6, 6.07) is 11.3. The van der Waals surface area contributed by atoms with Crippen LogP contribution >= 0.6 is 0 Å². The predicted molar refractivity (Wildman–Crippen MR) is 221 cm³/mol. The standard InChI is InChI=1S/C46H57N5O7/c1-8-28-20-29-23-45(42(54)57-7,37-31(26-50(24-28)25-29)30-14-11-12-15-34(30)48-37)33-21-32-35(22-36(33)56-6)49(5)39-44(32)17-19-51-18-13-16-43(9-2,38(44)51)40(58-27(4)52)46(39,55)41(53)47-10-3/h11-16,20-22,29,38-40,48,55H,8-10,17-19,23-26H2,1-7H3,(H,47,53)/t29-,38-,39+,40+,43+,44?,45-,46?/m0/s1. The molecule has 3 aromatic rings. The van der Waals surface area contributed by atoms with E-state index in [1.165, 1.54) is 19.6 Å². The van der Waals surface area contributed by atoms with Crippen molar-refractivity contribution in [3.05, 3.63) is 82.6 Å². The van der Waals surface area contributed by atoms with Crippen LogP contribution in [0.1, 0.15) is 75.8 Å². The highest BCUT2D eigenvalue weighted by Gasteiger charge is 2.80. The average Bonchev–Trinajstić information content (AvgIpc) is 3.87. The Hall–Kier alpha value is -4.65. The predicted octanol–water partition coefficient (Wildman–Crippen LogP) is 4.72. The molecule has 2 fully saturated rings. The Kier molecular flexibility index (Phi) is 9.18. The number of aliphatic hydroxyl groups is 1. The number of ether oxygens (including phenoxy) is 3. The number of anilines is 1. The summed E-state index contributed by atoms with van der Waals surface area (Å²) >= 11 is 0. The van der Waals surface area contributed by atoms with E-state index in [0.717, 1.165) is 52.9 Å². The third-order valence-corrected chi connectivity index (χ3v) is 14.9. The van der Waals surface area contributed by atoms with Gasteiger partial charge >= 0.3 is 11.9 Å². The van der Waals surface area contributed by atoms with Gasteiger partial charge in [-0.15, -0.1) is 0 Å². The van der Waals surface area contributed by atoms with Crippen molar-refractivity contribution in [2.24, 2.45) is 11.3 Å². The Morgan fingerprint density at radius 3 is 2.55 bits per heavy atom. The molecule has 9 atom stereocenters. The number of benzene rings is 2. The van der Waals surface area contributed by atoms with E-state index in [1.807, 2.05) is 37.1 Å². The van der Waals surface area contributed by atoms with Gasteiger partial charge in [0.15, 0.2) is 6.10 Å². The zero-order valence-corrected chi connectivity index (χ0v) is 34.8. The number of hydrogen-bond acceptors (Lipinski definition) is 10. The molecule has 5 aliphatic heterocycles. The van der Waals surface area contributed by atoms with Crippen LogP contribution in [0.5, 0.6) is 5.75 Å². The summed E-state index contributed by atoms with van der Waals surface area (Å²) < 4.78 is 18.6. The van der Waals surface area contributed by atoms with Crippen LogP contribution in [0, 0.1) is 11.3 Å². The molecule has 1 spiro atoms. The van der Waals surface area contributed by atoms with Crippen molar-refractivity contribution in [1.82, 2.24) is 20.1 Å². The van der Waals surface area contributed by atoms with Crippen molar-refractivity contribution in [3.8, 4) is 5.75 Å². The number of aromatic amines is 1. The number of methoxy groups -OCH3 is 2. The first-order valence-corrected chi connectivity index (χ1v) is 21.0. The van der Waals surface area contributed by atoms with Crippen molar-refractivity contribution in [1.29, 1.82) is 0 Å². The molecular weight excluding hydrogens is 735 g/mol. The molecule has 3 N–H and O–H groups in total.